The van der Waals surface area contributed by atoms with Crippen molar-refractivity contribution < 1.29 is 24.2 Å². The van der Waals surface area contributed by atoms with Gasteiger partial charge in [0.15, 0.2) is 11.5 Å². The lowest BCUT2D eigenvalue weighted by Gasteiger charge is -2.13. The number of aliphatic carboxylic acids is 1. The molecular formula is C20H17N3O5. The Morgan fingerprint density at radius 2 is 1.96 bits per heavy atom. The number of hydrogen-bond acceptors (Lipinski definition) is 6. The van der Waals surface area contributed by atoms with Gasteiger partial charge >= 0.3 is 5.97 Å². The third-order valence-electron chi connectivity index (χ3n) is 4.33. The number of guanidine groups is 1. The fourth-order valence-corrected chi connectivity index (χ4v) is 2.88. The second-order valence-corrected chi connectivity index (χ2v) is 6.33. The Balaban J connectivity index is 1.53. The van der Waals surface area contributed by atoms with E-state index in [1.807, 2.05) is 6.07 Å². The molecule has 2 aliphatic rings. The van der Waals surface area contributed by atoms with Crippen LogP contribution in [0.5, 0.6) is 11.5 Å². The van der Waals surface area contributed by atoms with Crippen LogP contribution in [-0.4, -0.2) is 41.7 Å². The number of benzene rings is 2. The number of carboxylic acids is 1. The molecule has 0 unspecified atom stereocenters. The fraction of sp³-hybridized carbons (Fsp3) is 0.150. The molecule has 0 bridgehead atoms. The number of nitrogens with one attached hydrogen (secondary N) is 1. The average Bonchev–Trinajstić information content (AvgIpc) is 3.23. The maximum Gasteiger partial charge on any atom is 0.307 e. The van der Waals surface area contributed by atoms with Crippen molar-refractivity contribution in [3.05, 3.63) is 59.3 Å². The molecule has 0 spiro atoms. The number of anilines is 1. The van der Waals surface area contributed by atoms with Crippen molar-refractivity contribution in [3.63, 3.8) is 0 Å². The van der Waals surface area contributed by atoms with Gasteiger partial charge in [0.25, 0.3) is 5.91 Å². The van der Waals surface area contributed by atoms with Crippen LogP contribution in [-0.2, 0) is 16.0 Å². The average molecular weight is 379 g/mol. The van der Waals surface area contributed by atoms with Gasteiger partial charge in [-0.15, -0.1) is 0 Å². The molecule has 2 heterocycles. The summed E-state index contributed by atoms with van der Waals surface area (Å²) in [5, 5.41) is 11.9. The summed E-state index contributed by atoms with van der Waals surface area (Å²) in [4.78, 5) is 29.1. The van der Waals surface area contributed by atoms with Crippen molar-refractivity contribution in [3.8, 4) is 11.5 Å². The standard InChI is InChI=1S/C20H17N3O5/c1-23-19(26)15(8-13-4-7-16-17(9-13)28-11-27-16)22-20(23)21-14-5-2-12(3-6-14)10-18(24)25/h2-9H,10-11H2,1H3,(H,21,22)(H,24,25)/b15-8-. The Hall–Kier alpha value is -3.81. The third-order valence-corrected chi connectivity index (χ3v) is 4.33. The van der Waals surface area contributed by atoms with E-state index in [0.29, 0.717) is 34.4 Å². The molecule has 2 aromatic carbocycles. The zero-order valence-electron chi connectivity index (χ0n) is 15.0. The van der Waals surface area contributed by atoms with E-state index >= 15 is 0 Å². The van der Waals surface area contributed by atoms with Crippen LogP contribution in [0.1, 0.15) is 11.1 Å². The molecule has 0 radical (unpaired) electrons. The van der Waals surface area contributed by atoms with Crippen molar-refractivity contribution in [2.75, 3.05) is 19.2 Å². The van der Waals surface area contributed by atoms with Crippen LogP contribution in [0, 0.1) is 0 Å². The summed E-state index contributed by atoms with van der Waals surface area (Å²) in [5.41, 5.74) is 2.48. The Morgan fingerprint density at radius 1 is 1.21 bits per heavy atom. The summed E-state index contributed by atoms with van der Waals surface area (Å²) in [7, 11) is 1.63. The summed E-state index contributed by atoms with van der Waals surface area (Å²) >= 11 is 0. The summed E-state index contributed by atoms with van der Waals surface area (Å²) in [6, 6.07) is 12.4. The molecule has 0 saturated carbocycles. The second-order valence-electron chi connectivity index (χ2n) is 6.33. The van der Waals surface area contributed by atoms with E-state index in [1.165, 1.54) is 4.90 Å². The predicted molar refractivity (Wildman–Crippen MR) is 102 cm³/mol. The van der Waals surface area contributed by atoms with Gasteiger partial charge in [-0.1, -0.05) is 18.2 Å². The zero-order chi connectivity index (χ0) is 19.7. The van der Waals surface area contributed by atoms with Crippen LogP contribution in [0.15, 0.2) is 53.2 Å². The number of fused-ring (bicyclic) bond motifs is 1. The summed E-state index contributed by atoms with van der Waals surface area (Å²) < 4.78 is 10.6. The fourth-order valence-electron chi connectivity index (χ4n) is 2.88. The van der Waals surface area contributed by atoms with E-state index in [4.69, 9.17) is 14.6 Å². The van der Waals surface area contributed by atoms with E-state index < -0.39 is 5.97 Å². The number of rotatable bonds is 4. The number of carboxylic acid groups (broad SMARTS) is 1. The number of nitrogens with zero attached hydrogens (tertiary/aromatic N) is 2. The minimum absolute atomic E-state index is 0.0396. The molecule has 28 heavy (non-hydrogen) atoms. The Morgan fingerprint density at radius 3 is 2.71 bits per heavy atom. The molecule has 2 aliphatic heterocycles. The largest absolute Gasteiger partial charge is 0.481 e. The lowest BCUT2D eigenvalue weighted by Crippen LogP contribution is -2.32. The van der Waals surface area contributed by atoms with Crippen LogP contribution in [0.2, 0.25) is 0 Å². The van der Waals surface area contributed by atoms with Gasteiger partial charge in [-0.3, -0.25) is 14.5 Å². The predicted octanol–water partition coefficient (Wildman–Crippen LogP) is 2.32. The normalized spacial score (nSPS) is 16.5. The molecule has 2 N–H and O–H groups in total. The van der Waals surface area contributed by atoms with Crippen LogP contribution < -0.4 is 14.8 Å². The van der Waals surface area contributed by atoms with E-state index in [-0.39, 0.29) is 19.1 Å². The SMILES string of the molecule is CN1C(=O)/C(=C/c2ccc3c(c2)OCO3)N=C1Nc1ccc(CC(=O)O)cc1. The third kappa shape index (κ3) is 3.52. The number of aliphatic imine (C=N–C) groups is 1. The van der Waals surface area contributed by atoms with Crippen molar-refractivity contribution in [2.24, 2.45) is 4.99 Å². The summed E-state index contributed by atoms with van der Waals surface area (Å²) in [5.74, 6) is 0.585. The van der Waals surface area contributed by atoms with Crippen LogP contribution >= 0.6 is 0 Å². The maximum absolute atomic E-state index is 12.5. The van der Waals surface area contributed by atoms with Gasteiger partial charge in [-0.05, 0) is 41.5 Å². The lowest BCUT2D eigenvalue weighted by molar-refractivity contribution is -0.136. The van der Waals surface area contributed by atoms with Crippen LogP contribution in [0.3, 0.4) is 0 Å². The topological polar surface area (TPSA) is 100 Å². The van der Waals surface area contributed by atoms with Gasteiger partial charge in [-0.2, -0.15) is 0 Å². The highest BCUT2D eigenvalue weighted by Gasteiger charge is 2.27. The smallest absolute Gasteiger partial charge is 0.307 e. The van der Waals surface area contributed by atoms with Crippen molar-refractivity contribution >= 4 is 29.6 Å². The van der Waals surface area contributed by atoms with E-state index in [1.54, 1.807) is 49.5 Å². The molecule has 0 aliphatic carbocycles. The highest BCUT2D eigenvalue weighted by Crippen LogP contribution is 2.33. The van der Waals surface area contributed by atoms with Gasteiger partial charge < -0.3 is 19.9 Å². The lowest BCUT2D eigenvalue weighted by atomic mass is 10.1. The first kappa shape index (κ1) is 17.6. The number of likely N-dealkylation sites (N-methyl/N-ethyl adjacent to an activating group) is 1. The number of ether oxygens (including phenoxy) is 2. The van der Waals surface area contributed by atoms with E-state index in [0.717, 1.165) is 5.56 Å². The van der Waals surface area contributed by atoms with Gasteiger partial charge in [0.05, 0.1) is 6.42 Å². The van der Waals surface area contributed by atoms with Crippen LogP contribution in [0.4, 0.5) is 5.69 Å². The Kier molecular flexibility index (Phi) is 4.44. The van der Waals surface area contributed by atoms with Gasteiger partial charge in [0, 0.05) is 12.7 Å². The minimum atomic E-state index is -0.885. The Bertz CT molecular complexity index is 1010. The summed E-state index contributed by atoms with van der Waals surface area (Å²) in [6.07, 6.45) is 1.65. The first-order chi connectivity index (χ1) is 13.5. The number of carbonyl (C=O) groups is 2. The molecule has 142 valence electrons. The molecule has 8 nitrogen and oxygen atoms in total. The first-order valence-electron chi connectivity index (χ1n) is 8.55. The second kappa shape index (κ2) is 7.07. The van der Waals surface area contributed by atoms with Gasteiger partial charge in [-0.25, -0.2) is 4.99 Å². The van der Waals surface area contributed by atoms with Crippen molar-refractivity contribution in [1.82, 2.24) is 4.90 Å². The van der Waals surface area contributed by atoms with Gasteiger partial charge in [0.1, 0.15) is 5.70 Å². The molecule has 0 aromatic heterocycles. The molecule has 2 aromatic rings. The first-order valence-corrected chi connectivity index (χ1v) is 8.55. The molecule has 8 heteroatoms. The molecule has 4 rings (SSSR count). The number of amides is 1. The monoisotopic (exact) mass is 379 g/mol. The Labute approximate surface area is 160 Å². The molecule has 0 saturated heterocycles. The molecule has 1 amide bonds. The number of hydrogen-bond donors (Lipinski definition) is 2. The highest BCUT2D eigenvalue weighted by atomic mass is 16.7. The van der Waals surface area contributed by atoms with Crippen molar-refractivity contribution in [1.29, 1.82) is 0 Å². The number of carbonyl (C=O) groups excluding carboxylic acids is 1. The van der Waals surface area contributed by atoms with E-state index in [9.17, 15) is 9.59 Å². The molecular weight excluding hydrogens is 362 g/mol. The zero-order valence-corrected chi connectivity index (χ0v) is 15.0. The quantitative estimate of drug-likeness (QED) is 0.791. The molecule has 0 atom stereocenters. The molecule has 0 fully saturated rings. The highest BCUT2D eigenvalue weighted by molar-refractivity contribution is 6.17. The maximum atomic E-state index is 12.5. The summed E-state index contributed by atoms with van der Waals surface area (Å²) in [6.45, 7) is 0.189. The van der Waals surface area contributed by atoms with Crippen molar-refractivity contribution in [2.45, 2.75) is 6.42 Å². The minimum Gasteiger partial charge on any atom is -0.481 e. The van der Waals surface area contributed by atoms with Gasteiger partial charge in [0.2, 0.25) is 12.8 Å². The van der Waals surface area contributed by atoms with E-state index in [2.05, 4.69) is 10.3 Å². The van der Waals surface area contributed by atoms with Crippen LogP contribution in [0.25, 0.3) is 6.08 Å².